The van der Waals surface area contributed by atoms with E-state index in [4.69, 9.17) is 0 Å². The van der Waals surface area contributed by atoms with E-state index in [1.165, 1.54) is 12.8 Å². The Labute approximate surface area is 107 Å². The van der Waals surface area contributed by atoms with Gasteiger partial charge in [0, 0.05) is 11.6 Å². The molecule has 2 aromatic rings. The van der Waals surface area contributed by atoms with Crippen LogP contribution < -0.4 is 5.32 Å². The van der Waals surface area contributed by atoms with Gasteiger partial charge in [-0.2, -0.15) is 0 Å². The van der Waals surface area contributed by atoms with Crippen LogP contribution in [0.4, 0.5) is 0 Å². The summed E-state index contributed by atoms with van der Waals surface area (Å²) in [6, 6.07) is 10.1. The molecule has 3 rings (SSSR count). The van der Waals surface area contributed by atoms with Crippen LogP contribution in [0.2, 0.25) is 0 Å². The Bertz CT molecular complexity index is 532. The topological polar surface area (TPSA) is 45.1 Å². The lowest BCUT2D eigenvalue weighted by Gasteiger charge is -2.18. The fourth-order valence-electron chi connectivity index (χ4n) is 2.31. The van der Waals surface area contributed by atoms with Crippen LogP contribution in [-0.4, -0.2) is 23.2 Å². The highest BCUT2D eigenvalue weighted by atomic mass is 16.3. The number of aromatic nitrogens is 1. The van der Waals surface area contributed by atoms with Crippen LogP contribution in [0.3, 0.4) is 0 Å². The van der Waals surface area contributed by atoms with Gasteiger partial charge in [-0.3, -0.25) is 4.98 Å². The van der Waals surface area contributed by atoms with Crippen molar-refractivity contribution < 1.29 is 5.11 Å². The maximum Gasteiger partial charge on any atom is 0.0750 e. The van der Waals surface area contributed by atoms with Crippen molar-refractivity contribution in [2.75, 3.05) is 13.2 Å². The first kappa shape index (κ1) is 11.6. The zero-order valence-corrected chi connectivity index (χ0v) is 10.3. The van der Waals surface area contributed by atoms with Gasteiger partial charge in [0.25, 0.3) is 0 Å². The fourth-order valence-corrected chi connectivity index (χ4v) is 2.31. The van der Waals surface area contributed by atoms with E-state index in [-0.39, 0.29) is 12.6 Å². The molecule has 3 heteroatoms. The van der Waals surface area contributed by atoms with Crippen molar-refractivity contribution in [2.24, 2.45) is 5.92 Å². The Morgan fingerprint density at radius 2 is 2.11 bits per heavy atom. The van der Waals surface area contributed by atoms with Gasteiger partial charge in [-0.05, 0) is 36.9 Å². The monoisotopic (exact) mass is 242 g/mol. The summed E-state index contributed by atoms with van der Waals surface area (Å²) in [5, 5.41) is 14.2. The van der Waals surface area contributed by atoms with Crippen molar-refractivity contribution in [1.82, 2.24) is 10.3 Å². The zero-order valence-electron chi connectivity index (χ0n) is 10.3. The van der Waals surface area contributed by atoms with Gasteiger partial charge in [0.05, 0.1) is 18.2 Å². The van der Waals surface area contributed by atoms with Gasteiger partial charge < -0.3 is 10.4 Å². The van der Waals surface area contributed by atoms with Gasteiger partial charge >= 0.3 is 0 Å². The largest absolute Gasteiger partial charge is 0.394 e. The van der Waals surface area contributed by atoms with Gasteiger partial charge in [-0.25, -0.2) is 0 Å². The highest BCUT2D eigenvalue weighted by molar-refractivity contribution is 5.82. The summed E-state index contributed by atoms with van der Waals surface area (Å²) >= 11 is 0. The van der Waals surface area contributed by atoms with Crippen LogP contribution in [0.15, 0.2) is 36.5 Å². The maximum absolute atomic E-state index is 9.58. The molecule has 1 atom stereocenters. The summed E-state index contributed by atoms with van der Waals surface area (Å²) in [5.74, 6) is 0.807. The van der Waals surface area contributed by atoms with Gasteiger partial charge in [0.1, 0.15) is 0 Å². The molecule has 3 nitrogen and oxygen atoms in total. The predicted molar refractivity (Wildman–Crippen MR) is 72.3 cm³/mol. The summed E-state index contributed by atoms with van der Waals surface area (Å²) in [7, 11) is 0. The number of pyridine rings is 1. The van der Waals surface area contributed by atoms with Crippen LogP contribution in [-0.2, 0) is 0 Å². The molecule has 0 saturated heterocycles. The van der Waals surface area contributed by atoms with E-state index in [0.717, 1.165) is 28.9 Å². The van der Waals surface area contributed by atoms with Crippen LogP contribution in [0.25, 0.3) is 10.9 Å². The van der Waals surface area contributed by atoms with E-state index in [2.05, 4.69) is 28.5 Å². The SMILES string of the molecule is OCC(NCC1CC1)c1cccc2cccnc12. The van der Waals surface area contributed by atoms with E-state index < -0.39 is 0 Å². The second-order valence-corrected chi connectivity index (χ2v) is 5.01. The molecule has 0 amide bonds. The van der Waals surface area contributed by atoms with Gasteiger partial charge in [-0.15, -0.1) is 0 Å². The number of para-hydroxylation sites is 1. The van der Waals surface area contributed by atoms with Crippen molar-refractivity contribution in [3.8, 4) is 0 Å². The third-order valence-electron chi connectivity index (χ3n) is 3.57. The number of nitrogens with one attached hydrogen (secondary N) is 1. The van der Waals surface area contributed by atoms with Crippen molar-refractivity contribution in [3.63, 3.8) is 0 Å². The van der Waals surface area contributed by atoms with Crippen LogP contribution in [0.5, 0.6) is 0 Å². The summed E-state index contributed by atoms with van der Waals surface area (Å²) in [6.07, 6.45) is 4.44. The average molecular weight is 242 g/mol. The molecule has 1 saturated carbocycles. The smallest absolute Gasteiger partial charge is 0.0750 e. The Kier molecular flexibility index (Phi) is 3.26. The van der Waals surface area contributed by atoms with Crippen LogP contribution in [0, 0.1) is 5.92 Å². The van der Waals surface area contributed by atoms with Gasteiger partial charge in [0.15, 0.2) is 0 Å². The number of hydrogen-bond donors (Lipinski definition) is 2. The molecular weight excluding hydrogens is 224 g/mol. The quantitative estimate of drug-likeness (QED) is 0.845. The zero-order chi connectivity index (χ0) is 12.4. The summed E-state index contributed by atoms with van der Waals surface area (Å²) in [5.41, 5.74) is 2.08. The first-order valence-corrected chi connectivity index (χ1v) is 6.56. The minimum atomic E-state index is -0.0100. The lowest BCUT2D eigenvalue weighted by molar-refractivity contribution is 0.244. The molecule has 0 radical (unpaired) electrons. The Balaban J connectivity index is 1.89. The average Bonchev–Trinajstić information content (AvgIpc) is 3.24. The third-order valence-corrected chi connectivity index (χ3v) is 3.57. The summed E-state index contributed by atoms with van der Waals surface area (Å²) in [6.45, 7) is 1.11. The van der Waals surface area contributed by atoms with E-state index in [1.807, 2.05) is 12.1 Å². The number of nitrogens with zero attached hydrogens (tertiary/aromatic N) is 1. The number of hydrogen-bond acceptors (Lipinski definition) is 3. The lowest BCUT2D eigenvalue weighted by atomic mass is 10.0. The Morgan fingerprint density at radius 3 is 2.89 bits per heavy atom. The molecule has 1 aromatic heterocycles. The molecule has 1 aromatic carbocycles. The molecule has 18 heavy (non-hydrogen) atoms. The van der Waals surface area contributed by atoms with Gasteiger partial charge in [0.2, 0.25) is 0 Å². The normalized spacial score (nSPS) is 16.9. The van der Waals surface area contributed by atoms with E-state index in [1.54, 1.807) is 6.20 Å². The summed E-state index contributed by atoms with van der Waals surface area (Å²) in [4.78, 5) is 4.44. The number of fused-ring (bicyclic) bond motifs is 1. The first-order valence-electron chi connectivity index (χ1n) is 6.56. The minimum absolute atomic E-state index is 0.0100. The van der Waals surface area contributed by atoms with Crippen molar-refractivity contribution in [2.45, 2.75) is 18.9 Å². The molecule has 1 aliphatic rings. The van der Waals surface area contributed by atoms with Crippen LogP contribution >= 0.6 is 0 Å². The molecule has 0 aliphatic heterocycles. The second kappa shape index (κ2) is 5.04. The molecule has 1 unspecified atom stereocenters. The van der Waals surface area contributed by atoms with Crippen LogP contribution in [0.1, 0.15) is 24.4 Å². The van der Waals surface area contributed by atoms with Crippen molar-refractivity contribution >= 4 is 10.9 Å². The van der Waals surface area contributed by atoms with Gasteiger partial charge in [-0.1, -0.05) is 24.3 Å². The second-order valence-electron chi connectivity index (χ2n) is 5.01. The Morgan fingerprint density at radius 1 is 1.28 bits per heavy atom. The molecule has 94 valence electrons. The first-order chi connectivity index (χ1) is 8.88. The van der Waals surface area contributed by atoms with Crippen molar-refractivity contribution in [1.29, 1.82) is 0 Å². The molecule has 2 N–H and O–H groups in total. The maximum atomic E-state index is 9.58. The van der Waals surface area contributed by atoms with E-state index in [0.29, 0.717) is 0 Å². The number of aliphatic hydroxyl groups is 1. The number of rotatable bonds is 5. The fraction of sp³-hybridized carbons (Fsp3) is 0.400. The Hall–Kier alpha value is -1.45. The molecule has 0 spiro atoms. The highest BCUT2D eigenvalue weighted by Crippen LogP contribution is 2.29. The molecule has 1 heterocycles. The summed E-state index contributed by atoms with van der Waals surface area (Å²) < 4.78 is 0. The molecule has 0 bridgehead atoms. The third kappa shape index (κ3) is 2.37. The number of benzene rings is 1. The van der Waals surface area contributed by atoms with Crippen molar-refractivity contribution in [3.05, 3.63) is 42.1 Å². The molecule has 1 fully saturated rings. The predicted octanol–water partition coefficient (Wildman–Crippen LogP) is 2.27. The lowest BCUT2D eigenvalue weighted by Crippen LogP contribution is -2.26. The molecular formula is C15H18N2O. The van der Waals surface area contributed by atoms with E-state index in [9.17, 15) is 5.11 Å². The molecule has 1 aliphatic carbocycles. The highest BCUT2D eigenvalue weighted by Gasteiger charge is 2.23. The van der Waals surface area contributed by atoms with E-state index >= 15 is 0 Å². The standard InChI is InChI=1S/C15H18N2O/c18-10-14(17-9-11-6-7-11)13-5-1-3-12-4-2-8-16-15(12)13/h1-5,8,11,14,17-18H,6-7,9-10H2. The number of aliphatic hydroxyl groups excluding tert-OH is 1. The minimum Gasteiger partial charge on any atom is -0.394 e.